The predicted octanol–water partition coefficient (Wildman–Crippen LogP) is 1.08. The van der Waals surface area contributed by atoms with Gasteiger partial charge >= 0.3 is 0 Å². The number of hydrogen-bond donors (Lipinski definition) is 1. The smallest absolute Gasteiger partial charge is 0.240 e. The minimum absolute atomic E-state index is 0.197. The molecule has 0 amide bonds. The molecule has 0 spiro atoms. The van der Waals surface area contributed by atoms with Gasteiger partial charge in [-0.15, -0.1) is 0 Å². The lowest BCUT2D eigenvalue weighted by molar-refractivity contribution is 0.355. The van der Waals surface area contributed by atoms with Crippen LogP contribution >= 0.6 is 0 Å². The van der Waals surface area contributed by atoms with Crippen LogP contribution < -0.4 is 15.2 Å². The first-order valence-corrected chi connectivity index (χ1v) is 5.47. The lowest BCUT2D eigenvalue weighted by Gasteiger charge is -2.15. The van der Waals surface area contributed by atoms with E-state index in [2.05, 4.69) is 15.0 Å². The van der Waals surface area contributed by atoms with Crippen molar-refractivity contribution in [1.29, 1.82) is 0 Å². The Bertz CT molecular complexity index is 579. The maximum absolute atomic E-state index is 13.7. The number of halogens is 1. The van der Waals surface area contributed by atoms with Crippen LogP contribution in [0.4, 0.5) is 4.39 Å². The van der Waals surface area contributed by atoms with Gasteiger partial charge in [-0.2, -0.15) is 4.98 Å². The molecule has 1 atom stereocenters. The minimum atomic E-state index is -0.795. The Balaban J connectivity index is 2.44. The van der Waals surface area contributed by atoms with Gasteiger partial charge in [0.15, 0.2) is 0 Å². The number of rotatable bonds is 4. The van der Waals surface area contributed by atoms with Gasteiger partial charge in [0.25, 0.3) is 0 Å². The topological polar surface area (TPSA) is 83.2 Å². The first-order valence-electron chi connectivity index (χ1n) is 5.47. The second-order valence-corrected chi connectivity index (χ2v) is 3.68. The highest BCUT2D eigenvalue weighted by atomic mass is 19.1. The third kappa shape index (κ3) is 2.60. The fourth-order valence-electron chi connectivity index (χ4n) is 1.61. The van der Waals surface area contributed by atoms with E-state index in [1.807, 2.05) is 0 Å². The fraction of sp³-hybridized carbons (Fsp3) is 0.250. The van der Waals surface area contributed by atoms with E-state index >= 15 is 0 Å². The molecule has 0 bridgehead atoms. The average molecular weight is 264 g/mol. The van der Waals surface area contributed by atoms with Crippen molar-refractivity contribution < 1.29 is 13.9 Å². The molecular weight excluding hydrogens is 251 g/mol. The molecule has 0 aliphatic rings. The highest BCUT2D eigenvalue weighted by molar-refractivity contribution is 5.33. The normalized spacial score (nSPS) is 12.0. The number of pyridine rings is 1. The number of nitrogens with zero attached hydrogens (tertiary/aromatic N) is 3. The maximum Gasteiger partial charge on any atom is 0.240 e. The summed E-state index contributed by atoms with van der Waals surface area (Å²) in [6, 6.07) is 0.696. The van der Waals surface area contributed by atoms with Crippen molar-refractivity contribution in [3.8, 4) is 11.8 Å². The molecule has 19 heavy (non-hydrogen) atoms. The first-order chi connectivity index (χ1) is 9.17. The van der Waals surface area contributed by atoms with Crippen molar-refractivity contribution in [2.45, 2.75) is 6.04 Å². The van der Waals surface area contributed by atoms with Crippen LogP contribution in [0, 0.1) is 5.82 Å². The Hall–Kier alpha value is -2.28. The number of ether oxygens (including phenoxy) is 2. The Morgan fingerprint density at radius 2 is 2.05 bits per heavy atom. The van der Waals surface area contributed by atoms with Gasteiger partial charge in [0.1, 0.15) is 11.5 Å². The molecule has 2 aromatic rings. The lowest BCUT2D eigenvalue weighted by Crippen LogP contribution is -2.17. The van der Waals surface area contributed by atoms with Gasteiger partial charge in [0, 0.05) is 11.8 Å². The first kappa shape index (κ1) is 13.2. The summed E-state index contributed by atoms with van der Waals surface area (Å²) in [5, 5.41) is 0. The zero-order valence-electron chi connectivity index (χ0n) is 10.5. The Morgan fingerprint density at radius 3 is 2.68 bits per heavy atom. The van der Waals surface area contributed by atoms with Crippen LogP contribution in [0.2, 0.25) is 0 Å². The van der Waals surface area contributed by atoms with Crippen LogP contribution in [0.5, 0.6) is 11.8 Å². The van der Waals surface area contributed by atoms with E-state index in [0.29, 0.717) is 11.6 Å². The van der Waals surface area contributed by atoms with Gasteiger partial charge in [-0.05, 0) is 6.07 Å². The second kappa shape index (κ2) is 5.57. The van der Waals surface area contributed by atoms with E-state index in [-0.39, 0.29) is 11.4 Å². The highest BCUT2D eigenvalue weighted by Crippen LogP contribution is 2.27. The van der Waals surface area contributed by atoms with Crippen LogP contribution in [0.15, 0.2) is 24.7 Å². The molecule has 2 N–H and O–H groups in total. The van der Waals surface area contributed by atoms with E-state index < -0.39 is 11.9 Å². The van der Waals surface area contributed by atoms with Crippen LogP contribution in [0.3, 0.4) is 0 Å². The van der Waals surface area contributed by atoms with E-state index in [9.17, 15) is 4.39 Å². The molecule has 100 valence electrons. The Morgan fingerprint density at radius 1 is 1.26 bits per heavy atom. The highest BCUT2D eigenvalue weighted by Gasteiger charge is 2.20. The van der Waals surface area contributed by atoms with Crippen LogP contribution in [0.25, 0.3) is 0 Å². The summed E-state index contributed by atoms with van der Waals surface area (Å²) in [6.07, 6.45) is 3.96. The van der Waals surface area contributed by atoms with Crippen LogP contribution in [0.1, 0.15) is 17.3 Å². The summed E-state index contributed by atoms with van der Waals surface area (Å²) >= 11 is 0. The zero-order valence-corrected chi connectivity index (χ0v) is 10.5. The zero-order chi connectivity index (χ0) is 13.8. The third-order valence-electron chi connectivity index (χ3n) is 2.58. The predicted molar refractivity (Wildman–Crippen MR) is 65.4 cm³/mol. The number of nitrogens with two attached hydrogens (primary N) is 1. The molecule has 0 fully saturated rings. The van der Waals surface area contributed by atoms with Gasteiger partial charge in [-0.1, -0.05) is 0 Å². The summed E-state index contributed by atoms with van der Waals surface area (Å²) in [6.45, 7) is 0. The van der Waals surface area contributed by atoms with Crippen molar-refractivity contribution in [2.75, 3.05) is 14.2 Å². The summed E-state index contributed by atoms with van der Waals surface area (Å²) in [4.78, 5) is 11.8. The quantitative estimate of drug-likeness (QED) is 0.889. The third-order valence-corrected chi connectivity index (χ3v) is 2.58. The van der Waals surface area contributed by atoms with Gasteiger partial charge in [0.05, 0.1) is 32.7 Å². The fourth-order valence-corrected chi connectivity index (χ4v) is 1.61. The number of methoxy groups -OCH3 is 2. The van der Waals surface area contributed by atoms with Crippen LogP contribution in [-0.4, -0.2) is 29.2 Å². The minimum Gasteiger partial charge on any atom is -0.480 e. The molecule has 0 aliphatic carbocycles. The Labute approximate surface area is 109 Å². The largest absolute Gasteiger partial charge is 0.480 e. The monoisotopic (exact) mass is 264 g/mol. The van der Waals surface area contributed by atoms with Gasteiger partial charge in [0.2, 0.25) is 11.8 Å². The molecule has 6 nitrogen and oxygen atoms in total. The summed E-state index contributed by atoms with van der Waals surface area (Å²) < 4.78 is 23.7. The molecule has 7 heteroatoms. The van der Waals surface area contributed by atoms with Crippen molar-refractivity contribution in [1.82, 2.24) is 15.0 Å². The summed E-state index contributed by atoms with van der Waals surface area (Å²) in [7, 11) is 2.90. The van der Waals surface area contributed by atoms with E-state index in [1.165, 1.54) is 32.7 Å². The van der Waals surface area contributed by atoms with Crippen molar-refractivity contribution in [2.24, 2.45) is 5.73 Å². The van der Waals surface area contributed by atoms with Crippen molar-refractivity contribution in [3.63, 3.8) is 0 Å². The number of hydrogen-bond acceptors (Lipinski definition) is 6. The summed E-state index contributed by atoms with van der Waals surface area (Å²) in [5.74, 6) is -0.0132. The van der Waals surface area contributed by atoms with E-state index in [4.69, 9.17) is 15.2 Å². The lowest BCUT2D eigenvalue weighted by atomic mass is 10.1. The Kier molecular flexibility index (Phi) is 3.86. The van der Waals surface area contributed by atoms with Crippen LogP contribution in [-0.2, 0) is 0 Å². The molecular formula is C12H13FN4O2. The molecule has 0 saturated heterocycles. The van der Waals surface area contributed by atoms with E-state index in [0.717, 1.165) is 6.20 Å². The maximum atomic E-state index is 13.7. The molecule has 0 aliphatic heterocycles. The van der Waals surface area contributed by atoms with Gasteiger partial charge in [-0.25, -0.2) is 9.37 Å². The van der Waals surface area contributed by atoms with Gasteiger partial charge < -0.3 is 15.2 Å². The molecule has 2 rings (SSSR count). The number of aromatic nitrogens is 3. The molecule has 1 unspecified atom stereocenters. The second-order valence-electron chi connectivity index (χ2n) is 3.68. The van der Waals surface area contributed by atoms with Crippen molar-refractivity contribution >= 4 is 0 Å². The van der Waals surface area contributed by atoms with E-state index in [1.54, 1.807) is 0 Å². The molecule has 0 radical (unpaired) electrons. The van der Waals surface area contributed by atoms with Gasteiger partial charge in [-0.3, -0.25) is 4.98 Å². The standard InChI is InChI=1S/C12H13FN4O2/c1-18-9-6-16-11(12(17-9)19-2)10(14)7-3-4-15-5-8(7)13/h3-6,10H,14H2,1-2H3. The molecule has 2 aromatic heterocycles. The molecule has 2 heterocycles. The average Bonchev–Trinajstić information content (AvgIpc) is 2.46. The molecule has 0 aromatic carbocycles. The SMILES string of the molecule is COc1cnc(C(N)c2ccncc2F)c(OC)n1. The van der Waals surface area contributed by atoms with Crippen molar-refractivity contribution in [3.05, 3.63) is 41.7 Å². The molecule has 0 saturated carbocycles. The summed E-state index contributed by atoms with van der Waals surface area (Å²) in [5.41, 5.74) is 6.59.